The van der Waals surface area contributed by atoms with Gasteiger partial charge in [-0.2, -0.15) is 5.26 Å². The minimum Gasteiger partial charge on any atom is -0.345 e. The Morgan fingerprint density at radius 1 is 1.36 bits per heavy atom. The Morgan fingerprint density at radius 3 is 3.00 bits per heavy atom. The summed E-state index contributed by atoms with van der Waals surface area (Å²) in [5.74, 6) is 0.993. The van der Waals surface area contributed by atoms with Crippen molar-refractivity contribution >= 4 is 22.7 Å². The highest BCUT2D eigenvalue weighted by atomic mass is 16.2. The summed E-state index contributed by atoms with van der Waals surface area (Å²) < 4.78 is 2.08. The van der Waals surface area contributed by atoms with Crippen LogP contribution in [0.3, 0.4) is 0 Å². The van der Waals surface area contributed by atoms with Crippen LogP contribution in [0.4, 0.5) is 0 Å². The van der Waals surface area contributed by atoms with Gasteiger partial charge in [-0.1, -0.05) is 0 Å². The fourth-order valence-corrected chi connectivity index (χ4v) is 3.46. The van der Waals surface area contributed by atoms with Crippen molar-refractivity contribution in [2.24, 2.45) is 0 Å². The Morgan fingerprint density at radius 2 is 2.20 bits per heavy atom. The second-order valence-corrected chi connectivity index (χ2v) is 6.30. The quantitative estimate of drug-likeness (QED) is 0.613. The van der Waals surface area contributed by atoms with Gasteiger partial charge in [0.15, 0.2) is 11.3 Å². The smallest absolute Gasteiger partial charge is 0.248 e. The molecule has 0 atom stereocenters. The van der Waals surface area contributed by atoms with Crippen LogP contribution in [0.1, 0.15) is 43.8 Å². The molecule has 1 fully saturated rings. The number of hydrazine groups is 1. The van der Waals surface area contributed by atoms with Gasteiger partial charge >= 0.3 is 0 Å². The molecule has 0 radical (unpaired) electrons. The van der Waals surface area contributed by atoms with Crippen molar-refractivity contribution < 1.29 is 4.79 Å². The highest BCUT2D eigenvalue weighted by Gasteiger charge is 2.26. The van der Waals surface area contributed by atoms with E-state index in [0.29, 0.717) is 5.92 Å². The number of H-pyrrole nitrogens is 1. The number of carbonyl (C=O) groups excluding carboxylic acids is 1. The third-order valence-corrected chi connectivity index (χ3v) is 4.71. The maximum absolute atomic E-state index is 11.4. The van der Waals surface area contributed by atoms with Crippen molar-refractivity contribution in [2.45, 2.75) is 44.1 Å². The highest BCUT2D eigenvalue weighted by molar-refractivity contribution is 5.77. The molecule has 0 saturated heterocycles. The van der Waals surface area contributed by atoms with Crippen LogP contribution in [0.25, 0.3) is 16.8 Å². The summed E-state index contributed by atoms with van der Waals surface area (Å²) in [6, 6.07) is 4.03. The van der Waals surface area contributed by atoms with Crippen LogP contribution >= 0.6 is 0 Å². The van der Waals surface area contributed by atoms with Crippen molar-refractivity contribution in [1.29, 1.82) is 5.26 Å². The second-order valence-electron chi connectivity index (χ2n) is 6.30. The van der Waals surface area contributed by atoms with E-state index in [1.165, 1.54) is 0 Å². The summed E-state index contributed by atoms with van der Waals surface area (Å²) in [6.45, 7) is 0. The number of nitrogens with one attached hydrogen (secondary N) is 3. The predicted molar refractivity (Wildman–Crippen MR) is 89.1 cm³/mol. The first-order valence-electron chi connectivity index (χ1n) is 8.34. The summed E-state index contributed by atoms with van der Waals surface area (Å²) in [5, 5.41) is 17.2. The largest absolute Gasteiger partial charge is 0.345 e. The topological polar surface area (TPSA) is 124 Å². The molecule has 0 bridgehead atoms. The molecule has 9 heteroatoms. The fraction of sp³-hybridized carbons (Fsp3) is 0.438. The highest BCUT2D eigenvalue weighted by Crippen LogP contribution is 2.32. The lowest BCUT2D eigenvalue weighted by Gasteiger charge is -2.28. The molecule has 1 aliphatic rings. The van der Waals surface area contributed by atoms with E-state index in [1.807, 2.05) is 18.3 Å². The van der Waals surface area contributed by atoms with E-state index in [0.717, 1.165) is 48.3 Å². The Labute approximate surface area is 143 Å². The van der Waals surface area contributed by atoms with Crippen LogP contribution in [-0.4, -0.2) is 36.5 Å². The van der Waals surface area contributed by atoms with Gasteiger partial charge in [0.1, 0.15) is 12.2 Å². The predicted octanol–water partition coefficient (Wildman–Crippen LogP) is 1.17. The number of amides is 1. The average molecular weight is 338 g/mol. The first kappa shape index (κ1) is 15.5. The molecule has 0 aromatic carbocycles. The molecule has 1 amide bonds. The SMILES string of the molecule is N#CCC(=O)NNC1CCC(c2nnc3cnc4[nH]ccc4n23)CC1. The molecule has 1 aliphatic carbocycles. The first-order valence-corrected chi connectivity index (χ1v) is 8.34. The molecule has 0 spiro atoms. The molecule has 25 heavy (non-hydrogen) atoms. The minimum atomic E-state index is -0.296. The number of aromatic amines is 1. The number of nitriles is 1. The van der Waals surface area contributed by atoms with Crippen LogP contribution in [0, 0.1) is 11.3 Å². The molecule has 3 heterocycles. The maximum atomic E-state index is 11.4. The summed E-state index contributed by atoms with van der Waals surface area (Å²) in [4.78, 5) is 18.8. The van der Waals surface area contributed by atoms with Gasteiger partial charge in [0.25, 0.3) is 0 Å². The Hall–Kier alpha value is -2.99. The van der Waals surface area contributed by atoms with Gasteiger partial charge < -0.3 is 4.98 Å². The van der Waals surface area contributed by atoms with Gasteiger partial charge in [-0.15, -0.1) is 10.2 Å². The van der Waals surface area contributed by atoms with Gasteiger partial charge in [0, 0.05) is 18.2 Å². The van der Waals surface area contributed by atoms with Crippen molar-refractivity contribution in [3.63, 3.8) is 0 Å². The molecule has 3 aromatic rings. The van der Waals surface area contributed by atoms with Gasteiger partial charge in [-0.25, -0.2) is 10.4 Å². The molecule has 4 rings (SSSR count). The number of rotatable bonds is 4. The Balaban J connectivity index is 1.46. The van der Waals surface area contributed by atoms with E-state index >= 15 is 0 Å². The van der Waals surface area contributed by atoms with Crippen LogP contribution in [0.15, 0.2) is 18.5 Å². The fourth-order valence-electron chi connectivity index (χ4n) is 3.46. The van der Waals surface area contributed by atoms with E-state index in [2.05, 4.69) is 35.4 Å². The minimum absolute atomic E-state index is 0.130. The summed E-state index contributed by atoms with van der Waals surface area (Å²) in [5.41, 5.74) is 8.19. The van der Waals surface area contributed by atoms with Crippen LogP contribution < -0.4 is 10.9 Å². The van der Waals surface area contributed by atoms with E-state index < -0.39 is 0 Å². The van der Waals surface area contributed by atoms with E-state index in [4.69, 9.17) is 5.26 Å². The number of hydrogen-bond acceptors (Lipinski definition) is 6. The molecule has 128 valence electrons. The zero-order chi connectivity index (χ0) is 17.2. The monoisotopic (exact) mass is 338 g/mol. The number of aromatic nitrogens is 5. The molecule has 0 unspecified atom stereocenters. The van der Waals surface area contributed by atoms with E-state index in [1.54, 1.807) is 6.20 Å². The Bertz CT molecular complexity index is 944. The number of hydrogen-bond donors (Lipinski definition) is 3. The zero-order valence-corrected chi connectivity index (χ0v) is 13.6. The summed E-state index contributed by atoms with van der Waals surface area (Å²) in [7, 11) is 0. The van der Waals surface area contributed by atoms with Crippen molar-refractivity contribution in [3.05, 3.63) is 24.3 Å². The zero-order valence-electron chi connectivity index (χ0n) is 13.6. The first-order chi connectivity index (χ1) is 12.3. The van der Waals surface area contributed by atoms with Gasteiger partial charge in [-0.05, 0) is 31.7 Å². The molecule has 0 aliphatic heterocycles. The van der Waals surface area contributed by atoms with Gasteiger partial charge in [-0.3, -0.25) is 14.6 Å². The number of fused-ring (bicyclic) bond motifs is 3. The van der Waals surface area contributed by atoms with Crippen LogP contribution in [0.2, 0.25) is 0 Å². The molecule has 3 aromatic heterocycles. The summed E-state index contributed by atoms with van der Waals surface area (Å²) in [6.07, 6.45) is 7.23. The molecule has 1 saturated carbocycles. The lowest BCUT2D eigenvalue weighted by molar-refractivity contribution is -0.121. The molecule has 9 nitrogen and oxygen atoms in total. The maximum Gasteiger partial charge on any atom is 0.248 e. The van der Waals surface area contributed by atoms with Crippen molar-refractivity contribution in [1.82, 2.24) is 35.4 Å². The lowest BCUT2D eigenvalue weighted by atomic mass is 9.86. The van der Waals surface area contributed by atoms with Crippen LogP contribution in [-0.2, 0) is 4.79 Å². The average Bonchev–Trinajstić information content (AvgIpc) is 3.26. The standard InChI is InChI=1S/C16H18N8O/c17-7-5-14(25)22-20-11-3-1-10(2-4-11)16-23-21-13-9-19-15-12(24(13)16)6-8-18-15/h6,8-11,18,20H,1-5H2,(H,22,25). The second kappa shape index (κ2) is 6.49. The van der Waals surface area contributed by atoms with Crippen LogP contribution in [0.5, 0.6) is 0 Å². The number of carbonyl (C=O) groups is 1. The van der Waals surface area contributed by atoms with E-state index in [9.17, 15) is 4.79 Å². The molecule has 3 N–H and O–H groups in total. The van der Waals surface area contributed by atoms with Crippen molar-refractivity contribution in [3.8, 4) is 6.07 Å². The molecular formula is C16H18N8O. The van der Waals surface area contributed by atoms with Crippen molar-refractivity contribution in [2.75, 3.05) is 0 Å². The van der Waals surface area contributed by atoms with Gasteiger partial charge in [0.05, 0.1) is 17.8 Å². The van der Waals surface area contributed by atoms with Gasteiger partial charge in [0.2, 0.25) is 5.91 Å². The normalized spacial score (nSPS) is 20.6. The third kappa shape index (κ3) is 2.92. The molecular weight excluding hydrogens is 320 g/mol. The third-order valence-electron chi connectivity index (χ3n) is 4.71. The number of nitrogens with zero attached hydrogens (tertiary/aromatic N) is 5. The Kier molecular flexibility index (Phi) is 4.03. The van der Waals surface area contributed by atoms with E-state index in [-0.39, 0.29) is 18.4 Å². The summed E-state index contributed by atoms with van der Waals surface area (Å²) >= 11 is 0. The lowest BCUT2D eigenvalue weighted by Crippen LogP contribution is -2.45.